The Morgan fingerprint density at radius 3 is 1.54 bits per heavy atom. The molecule has 0 bridgehead atoms. The normalized spacial score (nSPS) is 16.3. The first-order chi connectivity index (χ1) is 5.69. The van der Waals surface area contributed by atoms with Gasteiger partial charge in [0.15, 0.2) is 0 Å². The average Bonchev–Trinajstić information content (AvgIpc) is 1.81. The van der Waals surface area contributed by atoms with E-state index >= 15 is 0 Å². The number of hydrogen-bond donors (Lipinski definition) is 0. The second-order valence-corrected chi connectivity index (χ2v) is 37.3. The monoisotopic (exact) mass is 609 g/mol. The van der Waals surface area contributed by atoms with Crippen molar-refractivity contribution in [3.8, 4) is 0 Å². The first-order valence-electron chi connectivity index (χ1n) is 3.31. The predicted molar refractivity (Wildman–Crippen MR) is 90.4 cm³/mol. The molecule has 0 heterocycles. The Morgan fingerprint density at radius 1 is 0.923 bits per heavy atom. The molecular formula is C4H9Br6NS2. The summed E-state index contributed by atoms with van der Waals surface area (Å²) < 4.78 is 2.25. The second-order valence-electron chi connectivity index (χ2n) is 2.17. The van der Waals surface area contributed by atoms with Crippen molar-refractivity contribution in [1.29, 1.82) is 0 Å². The molecule has 0 radical (unpaired) electrons. The van der Waals surface area contributed by atoms with Gasteiger partial charge in [-0.3, -0.25) is 0 Å². The molecular weight excluding hydrogens is 606 g/mol. The van der Waals surface area contributed by atoms with Crippen molar-refractivity contribution in [2.24, 2.45) is 0 Å². The molecule has 0 amide bonds. The summed E-state index contributed by atoms with van der Waals surface area (Å²) in [5.74, 6) is 0. The lowest BCUT2D eigenvalue weighted by atomic mass is 10.3. The van der Waals surface area contributed by atoms with Crippen LogP contribution >= 0.6 is 99.9 Å². The van der Waals surface area contributed by atoms with E-state index < -0.39 is 11.0 Å². The van der Waals surface area contributed by atoms with Crippen molar-refractivity contribution in [3.63, 3.8) is 0 Å². The lowest BCUT2D eigenvalue weighted by molar-refractivity contribution is 0.666. The van der Waals surface area contributed by atoms with Crippen LogP contribution in [0.2, 0.25) is 0 Å². The van der Waals surface area contributed by atoms with E-state index in [9.17, 15) is 0 Å². The minimum Gasteiger partial charge on any atom is -0.177 e. The first-order valence-corrected chi connectivity index (χ1v) is 17.6. The lowest BCUT2D eigenvalue weighted by Crippen LogP contribution is -2.15. The molecule has 1 nitrogen and oxygen atoms in total. The van der Waals surface area contributed by atoms with Crippen LogP contribution in [-0.4, -0.2) is 10.3 Å². The Kier molecular flexibility index (Phi) is 9.01. The van der Waals surface area contributed by atoms with Crippen molar-refractivity contribution in [1.82, 2.24) is 3.71 Å². The average molecular weight is 615 g/mol. The highest BCUT2D eigenvalue weighted by atomic mass is 80.0. The molecule has 0 N–H and O–H groups in total. The maximum absolute atomic E-state index is 3.58. The van der Waals surface area contributed by atoms with Gasteiger partial charge >= 0.3 is 0 Å². The van der Waals surface area contributed by atoms with E-state index in [2.05, 4.69) is 99.5 Å². The predicted octanol–water partition coefficient (Wildman–Crippen LogP) is 7.39. The SMILES string of the molecule is CCCCN(S(Br)(Br)Br)S(Br)(Br)Br. The molecule has 0 unspecified atom stereocenters. The number of rotatable bonds is 5. The minimum atomic E-state index is -1.23. The van der Waals surface area contributed by atoms with Crippen molar-refractivity contribution in [2.45, 2.75) is 19.8 Å². The van der Waals surface area contributed by atoms with Gasteiger partial charge in [-0.25, -0.2) is 0 Å². The highest BCUT2D eigenvalue weighted by Crippen LogP contribution is 2.86. The first kappa shape index (κ1) is 16.5. The zero-order chi connectivity index (χ0) is 10.7. The van der Waals surface area contributed by atoms with Crippen LogP contribution in [0.1, 0.15) is 19.8 Å². The third kappa shape index (κ3) is 7.46. The summed E-state index contributed by atoms with van der Waals surface area (Å²) in [6, 6.07) is 0. The van der Waals surface area contributed by atoms with E-state index in [1.807, 2.05) is 0 Å². The number of unbranched alkanes of at least 4 members (excludes halogenated alkanes) is 1. The molecule has 0 atom stereocenters. The molecule has 13 heavy (non-hydrogen) atoms. The molecule has 0 aromatic rings. The molecule has 0 fully saturated rings. The fraction of sp³-hybridized carbons (Fsp3) is 1.00. The van der Waals surface area contributed by atoms with Crippen molar-refractivity contribution < 1.29 is 0 Å². The van der Waals surface area contributed by atoms with E-state index in [4.69, 9.17) is 0 Å². The van der Waals surface area contributed by atoms with Crippen molar-refractivity contribution in [3.05, 3.63) is 0 Å². The summed E-state index contributed by atoms with van der Waals surface area (Å²) in [5, 5.41) is 0. The molecule has 0 aliphatic heterocycles. The van der Waals surface area contributed by atoms with Gasteiger partial charge in [-0.1, -0.05) is 13.3 Å². The summed E-state index contributed by atoms with van der Waals surface area (Å²) in [6.45, 7) is 3.18. The number of halogens is 6. The second kappa shape index (κ2) is 7.08. The van der Waals surface area contributed by atoms with Gasteiger partial charge in [-0.05, 0) is 6.42 Å². The van der Waals surface area contributed by atoms with Crippen molar-refractivity contribution >= 4 is 99.9 Å². The zero-order valence-corrected chi connectivity index (χ0v) is 17.8. The summed E-state index contributed by atoms with van der Waals surface area (Å²) >= 11 is 21.5. The van der Waals surface area contributed by atoms with Gasteiger partial charge in [0.1, 0.15) is 0 Å². The van der Waals surface area contributed by atoms with Gasteiger partial charge in [-0.15, -0.1) is 0 Å². The van der Waals surface area contributed by atoms with Gasteiger partial charge in [0.2, 0.25) is 0 Å². The Balaban J connectivity index is 4.39. The quantitative estimate of drug-likeness (QED) is 0.312. The largest absolute Gasteiger partial charge is 0.177 e. The fourth-order valence-electron chi connectivity index (χ4n) is 0.590. The van der Waals surface area contributed by atoms with E-state index in [1.54, 1.807) is 0 Å². The van der Waals surface area contributed by atoms with Gasteiger partial charge in [0, 0.05) is 106 Å². The third-order valence-electron chi connectivity index (χ3n) is 1.16. The maximum Gasteiger partial charge on any atom is 0.0217 e. The highest BCUT2D eigenvalue weighted by Gasteiger charge is 2.33. The van der Waals surface area contributed by atoms with Crippen LogP contribution in [0.4, 0.5) is 0 Å². The van der Waals surface area contributed by atoms with Gasteiger partial charge in [0.05, 0.1) is 0 Å². The summed E-state index contributed by atoms with van der Waals surface area (Å²) in [4.78, 5) is 0. The molecule has 0 aromatic carbocycles. The molecule has 84 valence electrons. The van der Waals surface area contributed by atoms with E-state index in [1.165, 1.54) is 6.42 Å². The smallest absolute Gasteiger partial charge is 0.0217 e. The van der Waals surface area contributed by atoms with E-state index in [-0.39, 0.29) is 0 Å². The van der Waals surface area contributed by atoms with Crippen LogP contribution in [0.5, 0.6) is 0 Å². The lowest BCUT2D eigenvalue weighted by Gasteiger charge is -2.41. The summed E-state index contributed by atoms with van der Waals surface area (Å²) in [6.07, 6.45) is 2.34. The molecule has 0 saturated carbocycles. The Hall–Kier alpha value is 3.54. The number of hydrogen-bond acceptors (Lipinski definition) is 1. The Morgan fingerprint density at radius 2 is 1.31 bits per heavy atom. The molecule has 0 aliphatic carbocycles. The van der Waals surface area contributed by atoms with Crippen LogP contribution in [0.15, 0.2) is 0 Å². The highest BCUT2D eigenvalue weighted by molar-refractivity contribution is 10.2. The zero-order valence-electron chi connectivity index (χ0n) is 6.65. The van der Waals surface area contributed by atoms with E-state index in [0.717, 1.165) is 13.0 Å². The van der Waals surface area contributed by atoms with E-state index in [0.29, 0.717) is 0 Å². The molecule has 0 aliphatic rings. The molecule has 0 spiro atoms. The number of nitrogens with zero attached hydrogens (tertiary/aromatic N) is 1. The van der Waals surface area contributed by atoms with Crippen LogP contribution in [0.25, 0.3) is 0 Å². The van der Waals surface area contributed by atoms with Crippen molar-refractivity contribution in [2.75, 3.05) is 6.54 Å². The van der Waals surface area contributed by atoms with Crippen LogP contribution in [0.3, 0.4) is 0 Å². The minimum absolute atomic E-state index is 1.00. The topological polar surface area (TPSA) is 3.24 Å². The Labute approximate surface area is 128 Å². The molecule has 9 heteroatoms. The van der Waals surface area contributed by atoms with Gasteiger partial charge in [-0.2, -0.15) is 3.71 Å². The summed E-state index contributed by atoms with van der Waals surface area (Å²) in [5.41, 5.74) is -2.46. The van der Waals surface area contributed by atoms with Gasteiger partial charge in [0.25, 0.3) is 0 Å². The maximum atomic E-state index is 3.58. The van der Waals surface area contributed by atoms with Gasteiger partial charge < -0.3 is 0 Å². The summed E-state index contributed by atoms with van der Waals surface area (Å²) in [7, 11) is 0. The Bertz CT molecular complexity index is 140. The van der Waals surface area contributed by atoms with Crippen LogP contribution in [-0.2, 0) is 0 Å². The molecule has 0 rings (SSSR count). The molecule has 0 aromatic heterocycles. The van der Waals surface area contributed by atoms with Crippen LogP contribution < -0.4 is 0 Å². The fourth-order valence-corrected chi connectivity index (χ4v) is 27.1. The molecule has 0 saturated heterocycles. The standard InChI is InChI=1S/C4H9Br6NS2/c1-2-3-4-11(12(5,6)7)13(8,9)10/h2-4H2,1H3. The third-order valence-corrected chi connectivity index (χ3v) is 13.5. The van der Waals surface area contributed by atoms with Crippen LogP contribution in [0, 0.1) is 0 Å².